The number of para-hydroxylation sites is 1. The average Bonchev–Trinajstić information content (AvgIpc) is 2.91. The molecule has 0 saturated carbocycles. The third-order valence-electron chi connectivity index (χ3n) is 2.97. The zero-order valence-electron chi connectivity index (χ0n) is 9.26. The molecule has 0 aliphatic carbocycles. The molecule has 0 amide bonds. The van der Waals surface area contributed by atoms with Gasteiger partial charge in [0.05, 0.1) is 4.88 Å². The highest BCUT2D eigenvalue weighted by Gasteiger charge is 2.27. The summed E-state index contributed by atoms with van der Waals surface area (Å²) in [4.78, 5) is 12.9. The van der Waals surface area contributed by atoms with Crippen molar-refractivity contribution in [1.82, 2.24) is 0 Å². The van der Waals surface area contributed by atoms with Crippen molar-refractivity contribution in [2.24, 2.45) is 0 Å². The number of Topliss-reactive ketones (excluding diaryl/α,β-unsaturated/α-hetero) is 1. The fraction of sp³-hybridized carbons (Fsp3) is 0.214. The van der Waals surface area contributed by atoms with E-state index in [1.807, 2.05) is 35.7 Å². The maximum atomic E-state index is 12.2. The summed E-state index contributed by atoms with van der Waals surface area (Å²) in [6, 6.07) is 11.7. The second-order valence-corrected chi connectivity index (χ2v) is 5.04. The van der Waals surface area contributed by atoms with E-state index in [9.17, 15) is 4.79 Å². The number of aryl methyl sites for hydroxylation is 1. The highest BCUT2D eigenvalue weighted by atomic mass is 32.1. The average molecular weight is 244 g/mol. The first-order chi connectivity index (χ1) is 8.34. The summed E-state index contributed by atoms with van der Waals surface area (Å²) in [7, 11) is 0. The van der Waals surface area contributed by atoms with Crippen LogP contribution in [0.2, 0.25) is 0 Å². The van der Waals surface area contributed by atoms with Crippen LogP contribution in [-0.4, -0.2) is 11.9 Å². The molecular weight excluding hydrogens is 232 g/mol. The lowest BCUT2D eigenvalue weighted by molar-refractivity contribution is 0.0761. The van der Waals surface area contributed by atoms with Crippen molar-refractivity contribution in [3.63, 3.8) is 0 Å². The van der Waals surface area contributed by atoms with Crippen LogP contribution >= 0.6 is 11.3 Å². The smallest absolute Gasteiger partial charge is 0.213 e. The molecular formula is C14H12O2S. The van der Waals surface area contributed by atoms with Gasteiger partial charge in [-0.15, -0.1) is 11.3 Å². The van der Waals surface area contributed by atoms with Crippen molar-refractivity contribution in [2.45, 2.75) is 18.9 Å². The van der Waals surface area contributed by atoms with E-state index in [1.54, 1.807) is 0 Å². The van der Waals surface area contributed by atoms with Gasteiger partial charge in [-0.05, 0) is 35.9 Å². The molecule has 86 valence electrons. The molecule has 17 heavy (non-hydrogen) atoms. The van der Waals surface area contributed by atoms with Crippen molar-refractivity contribution in [3.8, 4) is 5.75 Å². The number of rotatable bonds is 2. The third-order valence-corrected chi connectivity index (χ3v) is 3.86. The van der Waals surface area contributed by atoms with Gasteiger partial charge in [-0.2, -0.15) is 0 Å². The Bertz CT molecular complexity index is 531. The van der Waals surface area contributed by atoms with E-state index in [2.05, 4.69) is 6.07 Å². The fourth-order valence-electron chi connectivity index (χ4n) is 2.09. The van der Waals surface area contributed by atoms with Crippen molar-refractivity contribution < 1.29 is 9.53 Å². The van der Waals surface area contributed by atoms with Crippen LogP contribution in [-0.2, 0) is 6.42 Å². The van der Waals surface area contributed by atoms with E-state index in [0.717, 1.165) is 23.5 Å². The van der Waals surface area contributed by atoms with Crippen molar-refractivity contribution >= 4 is 17.1 Å². The third kappa shape index (κ3) is 1.98. The zero-order chi connectivity index (χ0) is 11.7. The monoisotopic (exact) mass is 244 g/mol. The molecule has 0 saturated heterocycles. The van der Waals surface area contributed by atoms with E-state index in [4.69, 9.17) is 4.74 Å². The molecule has 3 rings (SSSR count). The molecule has 0 N–H and O–H groups in total. The summed E-state index contributed by atoms with van der Waals surface area (Å²) in [6.07, 6.45) is 1.37. The Hall–Kier alpha value is -1.61. The number of ether oxygens (including phenoxy) is 1. The number of hydrogen-bond acceptors (Lipinski definition) is 3. The molecule has 1 atom stereocenters. The predicted octanol–water partition coefficient (Wildman–Crippen LogP) is 3.32. The second-order valence-electron chi connectivity index (χ2n) is 4.09. The lowest BCUT2D eigenvalue weighted by Gasteiger charge is -2.24. The fourth-order valence-corrected chi connectivity index (χ4v) is 2.79. The minimum atomic E-state index is -0.316. The summed E-state index contributed by atoms with van der Waals surface area (Å²) >= 11 is 1.48. The molecule has 1 aromatic carbocycles. The van der Waals surface area contributed by atoms with Gasteiger partial charge in [0.15, 0.2) is 6.10 Å². The van der Waals surface area contributed by atoms with Gasteiger partial charge in [0.25, 0.3) is 0 Å². The van der Waals surface area contributed by atoms with Gasteiger partial charge in [-0.25, -0.2) is 0 Å². The first kappa shape index (κ1) is 10.5. The van der Waals surface area contributed by atoms with Gasteiger partial charge in [-0.1, -0.05) is 24.3 Å². The predicted molar refractivity (Wildman–Crippen MR) is 67.8 cm³/mol. The Morgan fingerprint density at radius 3 is 2.94 bits per heavy atom. The molecule has 0 radical (unpaired) electrons. The SMILES string of the molecule is O=C(c1cccs1)C1CCc2ccccc2O1. The van der Waals surface area contributed by atoms with Gasteiger partial charge < -0.3 is 4.74 Å². The van der Waals surface area contributed by atoms with Gasteiger partial charge in [0.1, 0.15) is 5.75 Å². The van der Waals surface area contributed by atoms with Crippen LogP contribution in [0.15, 0.2) is 41.8 Å². The van der Waals surface area contributed by atoms with Crippen LogP contribution in [0.25, 0.3) is 0 Å². The second kappa shape index (κ2) is 4.34. The Kier molecular flexibility index (Phi) is 2.69. The minimum Gasteiger partial charge on any atom is -0.482 e. The number of fused-ring (bicyclic) bond motifs is 1. The molecule has 3 heteroatoms. The first-order valence-corrected chi connectivity index (χ1v) is 6.55. The lowest BCUT2D eigenvalue weighted by atomic mass is 9.99. The van der Waals surface area contributed by atoms with E-state index in [-0.39, 0.29) is 11.9 Å². The zero-order valence-corrected chi connectivity index (χ0v) is 10.1. The van der Waals surface area contributed by atoms with E-state index in [1.165, 1.54) is 16.9 Å². The minimum absolute atomic E-state index is 0.106. The summed E-state index contributed by atoms with van der Waals surface area (Å²) in [5, 5.41) is 1.92. The van der Waals surface area contributed by atoms with E-state index < -0.39 is 0 Å². The number of ketones is 1. The maximum absolute atomic E-state index is 12.2. The van der Waals surface area contributed by atoms with Crippen molar-refractivity contribution in [2.75, 3.05) is 0 Å². The molecule has 0 fully saturated rings. The molecule has 0 spiro atoms. The maximum Gasteiger partial charge on any atom is 0.213 e. The topological polar surface area (TPSA) is 26.3 Å². The highest BCUT2D eigenvalue weighted by Crippen LogP contribution is 2.29. The van der Waals surface area contributed by atoms with Gasteiger partial charge in [0.2, 0.25) is 5.78 Å². The molecule has 1 aromatic heterocycles. The number of hydrogen-bond donors (Lipinski definition) is 0. The van der Waals surface area contributed by atoms with Gasteiger partial charge in [0, 0.05) is 0 Å². The molecule has 2 nitrogen and oxygen atoms in total. The van der Waals surface area contributed by atoms with Crippen molar-refractivity contribution in [1.29, 1.82) is 0 Å². The van der Waals surface area contributed by atoms with Crippen molar-refractivity contribution in [3.05, 3.63) is 52.2 Å². The Balaban J connectivity index is 1.83. The van der Waals surface area contributed by atoms with Crippen LogP contribution in [0, 0.1) is 0 Å². The van der Waals surface area contributed by atoms with Crippen LogP contribution in [0.1, 0.15) is 21.7 Å². The number of carbonyl (C=O) groups excluding carboxylic acids is 1. The largest absolute Gasteiger partial charge is 0.482 e. The summed E-state index contributed by atoms with van der Waals surface area (Å²) in [5.74, 6) is 0.961. The van der Waals surface area contributed by atoms with Gasteiger partial charge in [-0.3, -0.25) is 4.79 Å². The lowest BCUT2D eigenvalue weighted by Crippen LogP contribution is -2.30. The van der Waals surface area contributed by atoms with Crippen LogP contribution < -0.4 is 4.74 Å². The molecule has 0 bridgehead atoms. The standard InChI is InChI=1S/C14H12O2S/c15-14(13-6-3-9-17-13)12-8-7-10-4-1-2-5-11(10)16-12/h1-6,9,12H,7-8H2. The molecule has 2 aromatic rings. The summed E-state index contributed by atoms with van der Waals surface area (Å²) < 4.78 is 5.77. The van der Waals surface area contributed by atoms with E-state index in [0.29, 0.717) is 0 Å². The highest BCUT2D eigenvalue weighted by molar-refractivity contribution is 7.12. The number of carbonyl (C=O) groups is 1. The number of benzene rings is 1. The Labute approximate surface area is 104 Å². The molecule has 2 heterocycles. The van der Waals surface area contributed by atoms with E-state index >= 15 is 0 Å². The summed E-state index contributed by atoms with van der Waals surface area (Å²) in [5.41, 5.74) is 1.20. The van der Waals surface area contributed by atoms with Gasteiger partial charge >= 0.3 is 0 Å². The molecule has 1 unspecified atom stereocenters. The Morgan fingerprint density at radius 1 is 1.24 bits per heavy atom. The molecule has 1 aliphatic rings. The number of thiophene rings is 1. The summed E-state index contributed by atoms with van der Waals surface area (Å²) in [6.45, 7) is 0. The molecule has 1 aliphatic heterocycles. The van der Waals surface area contributed by atoms with Crippen LogP contribution in [0.4, 0.5) is 0 Å². The Morgan fingerprint density at radius 2 is 2.12 bits per heavy atom. The van der Waals surface area contributed by atoms with Crippen LogP contribution in [0.3, 0.4) is 0 Å². The van der Waals surface area contributed by atoms with Crippen LogP contribution in [0.5, 0.6) is 5.75 Å². The first-order valence-electron chi connectivity index (χ1n) is 5.67. The normalized spacial score (nSPS) is 18.2. The quantitative estimate of drug-likeness (QED) is 0.757.